The van der Waals surface area contributed by atoms with Crippen LogP contribution in [0.3, 0.4) is 0 Å². The molecule has 0 unspecified atom stereocenters. The Balaban J connectivity index is 1.87. The van der Waals surface area contributed by atoms with Gasteiger partial charge in [-0.1, -0.05) is 15.9 Å². The lowest BCUT2D eigenvalue weighted by atomic mass is 10.2. The first kappa shape index (κ1) is 19.4. The predicted octanol–water partition coefficient (Wildman–Crippen LogP) is 3.55. The molecule has 0 fully saturated rings. The maximum atomic E-state index is 13.8. The van der Waals surface area contributed by atoms with Gasteiger partial charge in [-0.3, -0.25) is 4.68 Å². The van der Waals surface area contributed by atoms with Crippen LogP contribution in [-0.2, 0) is 13.1 Å². The molecule has 1 heterocycles. The first-order valence-corrected chi connectivity index (χ1v) is 9.26. The van der Waals surface area contributed by atoms with Crippen LogP contribution in [0.4, 0.5) is 4.39 Å². The standard InChI is InChI=1S/C18H25BrFN5/c1-4-21-18(23-12-15-11-16(19)6-7-17(15)20)22-8-5-9-25-14(3)10-13(2)24-25/h6-7,10-11H,4-5,8-9,12H2,1-3H3,(H2,21,22,23). The number of hydrogen-bond donors (Lipinski definition) is 2. The molecule has 7 heteroatoms. The topological polar surface area (TPSA) is 54.2 Å². The van der Waals surface area contributed by atoms with Gasteiger partial charge in [-0.05, 0) is 51.5 Å². The fraction of sp³-hybridized carbons (Fsp3) is 0.444. The third-order valence-corrected chi connectivity index (χ3v) is 4.20. The summed E-state index contributed by atoms with van der Waals surface area (Å²) < 4.78 is 16.7. The Morgan fingerprint density at radius 1 is 1.28 bits per heavy atom. The molecule has 2 N–H and O–H groups in total. The van der Waals surface area contributed by atoms with Crippen molar-refractivity contribution in [1.82, 2.24) is 20.4 Å². The highest BCUT2D eigenvalue weighted by Gasteiger charge is 2.04. The molecule has 0 aliphatic heterocycles. The summed E-state index contributed by atoms with van der Waals surface area (Å²) in [5, 5.41) is 10.9. The van der Waals surface area contributed by atoms with Crippen LogP contribution >= 0.6 is 15.9 Å². The monoisotopic (exact) mass is 409 g/mol. The summed E-state index contributed by atoms with van der Waals surface area (Å²) in [7, 11) is 0. The Morgan fingerprint density at radius 3 is 2.76 bits per heavy atom. The van der Waals surface area contributed by atoms with Gasteiger partial charge in [-0.2, -0.15) is 5.10 Å². The Kier molecular flexibility index (Phi) is 7.43. The maximum Gasteiger partial charge on any atom is 0.191 e. The summed E-state index contributed by atoms with van der Waals surface area (Å²) >= 11 is 3.36. The maximum absolute atomic E-state index is 13.8. The van der Waals surface area contributed by atoms with Crippen LogP contribution in [0.5, 0.6) is 0 Å². The number of aliphatic imine (C=N–C) groups is 1. The third-order valence-electron chi connectivity index (χ3n) is 3.70. The van der Waals surface area contributed by atoms with Gasteiger partial charge < -0.3 is 10.6 Å². The molecule has 0 radical (unpaired) electrons. The van der Waals surface area contributed by atoms with Gasteiger partial charge in [0.05, 0.1) is 12.2 Å². The average Bonchev–Trinajstić information content (AvgIpc) is 2.89. The van der Waals surface area contributed by atoms with E-state index in [0.29, 0.717) is 11.5 Å². The molecule has 0 bridgehead atoms. The smallest absolute Gasteiger partial charge is 0.191 e. The zero-order valence-electron chi connectivity index (χ0n) is 14.9. The van der Waals surface area contributed by atoms with E-state index in [-0.39, 0.29) is 12.4 Å². The van der Waals surface area contributed by atoms with Crippen LogP contribution in [0.1, 0.15) is 30.3 Å². The lowest BCUT2D eigenvalue weighted by molar-refractivity contribution is 0.555. The quantitative estimate of drug-likeness (QED) is 0.417. The SMILES string of the molecule is CCNC(=NCc1cc(Br)ccc1F)NCCCn1nc(C)cc1C. The number of aromatic nitrogens is 2. The fourth-order valence-corrected chi connectivity index (χ4v) is 2.92. The normalized spacial score (nSPS) is 11.6. The van der Waals surface area contributed by atoms with Crippen molar-refractivity contribution >= 4 is 21.9 Å². The first-order chi connectivity index (χ1) is 12.0. The predicted molar refractivity (Wildman–Crippen MR) is 103 cm³/mol. The molecule has 0 amide bonds. The second-order valence-corrected chi connectivity index (χ2v) is 6.78. The molecule has 1 aromatic carbocycles. The second kappa shape index (κ2) is 9.56. The Labute approximate surface area is 156 Å². The third kappa shape index (κ3) is 6.16. The van der Waals surface area contributed by atoms with Crippen molar-refractivity contribution in [3.05, 3.63) is 51.5 Å². The zero-order chi connectivity index (χ0) is 18.2. The minimum absolute atomic E-state index is 0.243. The van der Waals surface area contributed by atoms with Crippen LogP contribution < -0.4 is 10.6 Å². The van der Waals surface area contributed by atoms with E-state index in [0.717, 1.165) is 36.2 Å². The highest BCUT2D eigenvalue weighted by molar-refractivity contribution is 9.10. The molecule has 0 saturated heterocycles. The van der Waals surface area contributed by atoms with Crippen LogP contribution in [0.25, 0.3) is 0 Å². The van der Waals surface area contributed by atoms with Crippen LogP contribution in [0.15, 0.2) is 33.7 Å². The lowest BCUT2D eigenvalue weighted by Gasteiger charge is -2.12. The van der Waals surface area contributed by atoms with Gasteiger partial charge in [0.25, 0.3) is 0 Å². The van der Waals surface area contributed by atoms with Crippen molar-refractivity contribution in [3.8, 4) is 0 Å². The van der Waals surface area contributed by atoms with E-state index in [4.69, 9.17) is 0 Å². The van der Waals surface area contributed by atoms with Gasteiger partial charge in [0.2, 0.25) is 0 Å². The summed E-state index contributed by atoms with van der Waals surface area (Å²) in [6.45, 7) is 8.73. The summed E-state index contributed by atoms with van der Waals surface area (Å²) in [5.74, 6) is 0.447. The number of rotatable bonds is 7. The molecular formula is C18H25BrFN5. The molecule has 2 rings (SSSR count). The number of nitrogens with one attached hydrogen (secondary N) is 2. The van der Waals surface area contributed by atoms with Gasteiger partial charge in [0.1, 0.15) is 5.82 Å². The lowest BCUT2D eigenvalue weighted by Crippen LogP contribution is -2.38. The highest BCUT2D eigenvalue weighted by Crippen LogP contribution is 2.16. The zero-order valence-corrected chi connectivity index (χ0v) is 16.5. The Morgan fingerprint density at radius 2 is 2.08 bits per heavy atom. The molecule has 0 atom stereocenters. The molecule has 0 saturated carbocycles. The molecule has 0 aliphatic carbocycles. The number of benzene rings is 1. The van der Waals surface area contributed by atoms with E-state index in [2.05, 4.69) is 49.6 Å². The van der Waals surface area contributed by atoms with E-state index >= 15 is 0 Å². The molecular weight excluding hydrogens is 385 g/mol. The Bertz CT molecular complexity index is 726. The number of halogens is 2. The summed E-state index contributed by atoms with van der Waals surface area (Å²) in [6.07, 6.45) is 0.928. The van der Waals surface area contributed by atoms with Gasteiger partial charge >= 0.3 is 0 Å². The summed E-state index contributed by atoms with van der Waals surface area (Å²) in [6, 6.07) is 6.96. The van der Waals surface area contributed by atoms with E-state index in [9.17, 15) is 4.39 Å². The van der Waals surface area contributed by atoms with Gasteiger partial charge in [0.15, 0.2) is 5.96 Å². The number of nitrogens with zero attached hydrogens (tertiary/aromatic N) is 3. The van der Waals surface area contributed by atoms with Crippen molar-refractivity contribution in [2.45, 2.75) is 40.3 Å². The first-order valence-electron chi connectivity index (χ1n) is 8.46. The average molecular weight is 410 g/mol. The molecule has 0 spiro atoms. The highest BCUT2D eigenvalue weighted by atomic mass is 79.9. The van der Waals surface area contributed by atoms with Crippen LogP contribution in [-0.4, -0.2) is 28.8 Å². The van der Waals surface area contributed by atoms with Crippen LogP contribution in [0.2, 0.25) is 0 Å². The van der Waals surface area contributed by atoms with Crippen molar-refractivity contribution < 1.29 is 4.39 Å². The molecule has 5 nitrogen and oxygen atoms in total. The molecule has 0 aliphatic rings. The van der Waals surface area contributed by atoms with Crippen molar-refractivity contribution in [3.63, 3.8) is 0 Å². The van der Waals surface area contributed by atoms with Gasteiger partial charge in [-0.25, -0.2) is 9.38 Å². The minimum atomic E-state index is -0.243. The molecule has 136 valence electrons. The van der Waals surface area contributed by atoms with E-state index in [1.54, 1.807) is 12.1 Å². The largest absolute Gasteiger partial charge is 0.357 e. The van der Waals surface area contributed by atoms with Crippen molar-refractivity contribution in [2.75, 3.05) is 13.1 Å². The Hall–Kier alpha value is -1.89. The second-order valence-electron chi connectivity index (χ2n) is 5.86. The minimum Gasteiger partial charge on any atom is -0.357 e. The number of guanidine groups is 1. The molecule has 1 aromatic heterocycles. The summed E-state index contributed by atoms with van der Waals surface area (Å²) in [4.78, 5) is 4.46. The van der Waals surface area contributed by atoms with Gasteiger partial charge in [0, 0.05) is 35.4 Å². The van der Waals surface area contributed by atoms with Crippen molar-refractivity contribution in [1.29, 1.82) is 0 Å². The van der Waals surface area contributed by atoms with E-state index < -0.39 is 0 Å². The molecule has 25 heavy (non-hydrogen) atoms. The number of aryl methyl sites for hydroxylation is 3. The van der Waals surface area contributed by atoms with Crippen molar-refractivity contribution in [2.24, 2.45) is 4.99 Å². The molecule has 2 aromatic rings. The van der Waals surface area contributed by atoms with E-state index in [1.807, 2.05) is 18.5 Å². The summed E-state index contributed by atoms with van der Waals surface area (Å²) in [5.41, 5.74) is 2.77. The fourth-order valence-electron chi connectivity index (χ4n) is 2.51. The van der Waals surface area contributed by atoms with Crippen LogP contribution in [0, 0.1) is 19.7 Å². The number of hydrogen-bond acceptors (Lipinski definition) is 2. The van der Waals surface area contributed by atoms with Gasteiger partial charge in [-0.15, -0.1) is 0 Å². The van der Waals surface area contributed by atoms with E-state index in [1.165, 1.54) is 11.8 Å².